The molecule has 0 spiro atoms. The highest BCUT2D eigenvalue weighted by molar-refractivity contribution is 5.60. The molecule has 0 saturated heterocycles. The molecule has 108 valence electrons. The highest BCUT2D eigenvalue weighted by Crippen LogP contribution is 2.34. The van der Waals surface area contributed by atoms with Gasteiger partial charge in [0.2, 0.25) is 0 Å². The van der Waals surface area contributed by atoms with Gasteiger partial charge in [0.05, 0.1) is 19.8 Å². The fraction of sp³-hybridized carbons (Fsp3) is 0.375. The molecule has 0 radical (unpaired) electrons. The number of ether oxygens (including phenoxy) is 1. The number of aliphatic hydroxyl groups excluding tert-OH is 1. The van der Waals surface area contributed by atoms with Crippen LogP contribution < -0.4 is 9.64 Å². The fourth-order valence-electron chi connectivity index (χ4n) is 2.35. The predicted octanol–water partition coefficient (Wildman–Crippen LogP) is 3.29. The Kier molecular flexibility index (Phi) is 4.35. The van der Waals surface area contributed by atoms with Crippen molar-refractivity contribution in [2.24, 2.45) is 0 Å². The summed E-state index contributed by atoms with van der Waals surface area (Å²) in [6, 6.07) is 9.67. The van der Waals surface area contributed by atoms with Gasteiger partial charge in [-0.2, -0.15) is 0 Å². The van der Waals surface area contributed by atoms with Crippen molar-refractivity contribution in [3.8, 4) is 5.75 Å². The molecule has 1 aromatic heterocycles. The molecule has 0 aliphatic carbocycles. The van der Waals surface area contributed by atoms with E-state index >= 15 is 0 Å². The summed E-state index contributed by atoms with van der Waals surface area (Å²) in [4.78, 5) is 2.04. The molecule has 4 heteroatoms. The SMILES string of the molecule is COc1cccc(N(C)Cc2ccc(C)o2)c1[C@H](C)O. The first kappa shape index (κ1) is 14.5. The van der Waals surface area contributed by atoms with Gasteiger partial charge in [0, 0.05) is 18.3 Å². The minimum atomic E-state index is -0.595. The van der Waals surface area contributed by atoms with Gasteiger partial charge in [0.15, 0.2) is 0 Å². The molecule has 0 fully saturated rings. The van der Waals surface area contributed by atoms with E-state index in [2.05, 4.69) is 0 Å². The van der Waals surface area contributed by atoms with Crippen molar-refractivity contribution >= 4 is 5.69 Å². The molecule has 2 rings (SSSR count). The van der Waals surface area contributed by atoms with Crippen LogP contribution in [0.4, 0.5) is 5.69 Å². The number of aliphatic hydroxyl groups is 1. The number of aryl methyl sites for hydroxylation is 1. The average Bonchev–Trinajstić information content (AvgIpc) is 2.82. The summed E-state index contributed by atoms with van der Waals surface area (Å²) in [5.41, 5.74) is 1.73. The smallest absolute Gasteiger partial charge is 0.126 e. The Bertz CT molecular complexity index is 575. The van der Waals surface area contributed by atoms with Crippen molar-refractivity contribution < 1.29 is 14.3 Å². The lowest BCUT2D eigenvalue weighted by Gasteiger charge is -2.24. The lowest BCUT2D eigenvalue weighted by molar-refractivity contribution is 0.194. The van der Waals surface area contributed by atoms with Crippen LogP contribution in [-0.2, 0) is 6.54 Å². The second kappa shape index (κ2) is 6.01. The number of methoxy groups -OCH3 is 1. The lowest BCUT2D eigenvalue weighted by atomic mass is 10.1. The second-order valence-corrected chi connectivity index (χ2v) is 4.94. The Hall–Kier alpha value is -1.94. The van der Waals surface area contributed by atoms with Crippen LogP contribution in [0.2, 0.25) is 0 Å². The normalized spacial score (nSPS) is 12.2. The van der Waals surface area contributed by atoms with Gasteiger partial charge in [-0.05, 0) is 38.1 Å². The summed E-state index contributed by atoms with van der Waals surface area (Å²) >= 11 is 0. The summed E-state index contributed by atoms with van der Waals surface area (Å²) in [5, 5.41) is 10.0. The van der Waals surface area contributed by atoms with Crippen molar-refractivity contribution in [2.75, 3.05) is 19.1 Å². The van der Waals surface area contributed by atoms with Crippen LogP contribution >= 0.6 is 0 Å². The number of rotatable bonds is 5. The van der Waals surface area contributed by atoms with E-state index in [0.29, 0.717) is 12.3 Å². The topological polar surface area (TPSA) is 45.8 Å². The molecule has 0 saturated carbocycles. The Morgan fingerprint density at radius 3 is 2.60 bits per heavy atom. The van der Waals surface area contributed by atoms with Crippen LogP contribution in [0.5, 0.6) is 5.75 Å². The molecule has 0 amide bonds. The molecule has 0 aliphatic heterocycles. The van der Waals surface area contributed by atoms with Crippen LogP contribution in [0.1, 0.15) is 30.1 Å². The molecule has 2 aromatic rings. The van der Waals surface area contributed by atoms with Crippen LogP contribution in [0.25, 0.3) is 0 Å². The zero-order chi connectivity index (χ0) is 14.7. The highest BCUT2D eigenvalue weighted by Gasteiger charge is 2.17. The van der Waals surface area contributed by atoms with Gasteiger partial charge in [0.25, 0.3) is 0 Å². The van der Waals surface area contributed by atoms with Crippen molar-refractivity contribution in [1.82, 2.24) is 0 Å². The highest BCUT2D eigenvalue weighted by atomic mass is 16.5. The number of benzene rings is 1. The van der Waals surface area contributed by atoms with Gasteiger partial charge >= 0.3 is 0 Å². The molecule has 1 heterocycles. The van der Waals surface area contributed by atoms with Crippen molar-refractivity contribution in [2.45, 2.75) is 26.5 Å². The van der Waals surface area contributed by atoms with E-state index in [1.54, 1.807) is 14.0 Å². The number of anilines is 1. The first-order valence-corrected chi connectivity index (χ1v) is 6.64. The second-order valence-electron chi connectivity index (χ2n) is 4.94. The molecule has 0 aliphatic rings. The third-order valence-electron chi connectivity index (χ3n) is 3.28. The Morgan fingerprint density at radius 2 is 2.05 bits per heavy atom. The first-order valence-electron chi connectivity index (χ1n) is 6.64. The zero-order valence-corrected chi connectivity index (χ0v) is 12.4. The number of hydrogen-bond donors (Lipinski definition) is 1. The molecule has 1 atom stereocenters. The molecule has 20 heavy (non-hydrogen) atoms. The zero-order valence-electron chi connectivity index (χ0n) is 12.4. The summed E-state index contributed by atoms with van der Waals surface area (Å²) in [5.74, 6) is 2.49. The van der Waals surface area contributed by atoms with Gasteiger partial charge in [-0.15, -0.1) is 0 Å². The van der Waals surface area contributed by atoms with E-state index in [9.17, 15) is 5.11 Å². The Balaban J connectivity index is 2.31. The predicted molar refractivity (Wildman–Crippen MR) is 79.2 cm³/mol. The summed E-state index contributed by atoms with van der Waals surface area (Å²) in [7, 11) is 3.58. The van der Waals surface area contributed by atoms with E-state index in [1.165, 1.54) is 0 Å². The maximum absolute atomic E-state index is 10.0. The number of hydrogen-bond acceptors (Lipinski definition) is 4. The molecule has 1 N–H and O–H groups in total. The van der Waals surface area contributed by atoms with Crippen LogP contribution in [0, 0.1) is 6.92 Å². The third kappa shape index (κ3) is 2.96. The van der Waals surface area contributed by atoms with Crippen molar-refractivity contribution in [3.63, 3.8) is 0 Å². The first-order chi connectivity index (χ1) is 9.52. The molecule has 0 bridgehead atoms. The lowest BCUT2D eigenvalue weighted by Crippen LogP contribution is -2.18. The van der Waals surface area contributed by atoms with Crippen molar-refractivity contribution in [3.05, 3.63) is 47.4 Å². The van der Waals surface area contributed by atoms with E-state index in [0.717, 1.165) is 22.8 Å². The Morgan fingerprint density at radius 1 is 1.30 bits per heavy atom. The minimum absolute atomic E-state index is 0.595. The Labute approximate surface area is 119 Å². The maximum atomic E-state index is 10.0. The fourth-order valence-corrected chi connectivity index (χ4v) is 2.35. The molecule has 4 nitrogen and oxygen atoms in total. The standard InChI is InChI=1S/C16H21NO3/c1-11-8-9-13(20-11)10-17(3)14-6-5-7-15(19-4)16(14)12(2)18/h5-9,12,18H,10H2,1-4H3/t12-/m0/s1. The summed E-state index contributed by atoms with van der Waals surface area (Å²) < 4.78 is 10.9. The van der Waals surface area contributed by atoms with E-state index < -0.39 is 6.10 Å². The van der Waals surface area contributed by atoms with Crippen molar-refractivity contribution in [1.29, 1.82) is 0 Å². The van der Waals surface area contributed by atoms with Gasteiger partial charge < -0.3 is 19.2 Å². The van der Waals surface area contributed by atoms with Gasteiger partial charge in [-0.3, -0.25) is 0 Å². The van der Waals surface area contributed by atoms with Gasteiger partial charge in [-0.1, -0.05) is 6.07 Å². The minimum Gasteiger partial charge on any atom is -0.496 e. The monoisotopic (exact) mass is 275 g/mol. The number of nitrogens with zero attached hydrogens (tertiary/aromatic N) is 1. The molecule has 0 unspecified atom stereocenters. The van der Waals surface area contributed by atoms with Gasteiger partial charge in [0.1, 0.15) is 17.3 Å². The largest absolute Gasteiger partial charge is 0.496 e. The van der Waals surface area contributed by atoms with Gasteiger partial charge in [-0.25, -0.2) is 0 Å². The number of furan rings is 1. The quantitative estimate of drug-likeness (QED) is 0.909. The summed E-state index contributed by atoms with van der Waals surface area (Å²) in [6.07, 6.45) is -0.595. The van der Waals surface area contributed by atoms with E-state index in [1.807, 2.05) is 49.2 Å². The molecular formula is C16H21NO3. The summed E-state index contributed by atoms with van der Waals surface area (Å²) in [6.45, 7) is 4.31. The van der Waals surface area contributed by atoms with Crippen LogP contribution in [0.15, 0.2) is 34.7 Å². The van der Waals surface area contributed by atoms with Crippen LogP contribution in [-0.4, -0.2) is 19.3 Å². The maximum Gasteiger partial charge on any atom is 0.126 e. The average molecular weight is 275 g/mol. The molecule has 1 aromatic carbocycles. The van der Waals surface area contributed by atoms with E-state index in [-0.39, 0.29) is 0 Å². The van der Waals surface area contributed by atoms with E-state index in [4.69, 9.17) is 9.15 Å². The van der Waals surface area contributed by atoms with Crippen LogP contribution in [0.3, 0.4) is 0 Å². The molecular weight excluding hydrogens is 254 g/mol. The third-order valence-corrected chi connectivity index (χ3v) is 3.28.